The Morgan fingerprint density at radius 2 is 1.79 bits per heavy atom. The van der Waals surface area contributed by atoms with Crippen LogP contribution in [-0.2, 0) is 13.1 Å². The van der Waals surface area contributed by atoms with Gasteiger partial charge in [0.1, 0.15) is 17.0 Å². The van der Waals surface area contributed by atoms with E-state index < -0.39 is 0 Å². The van der Waals surface area contributed by atoms with E-state index in [1.54, 1.807) is 7.05 Å². The monoisotopic (exact) mass is 507 g/mol. The Labute approximate surface area is 189 Å². The summed E-state index contributed by atoms with van der Waals surface area (Å²) in [5.41, 5.74) is 3.93. The summed E-state index contributed by atoms with van der Waals surface area (Å²) < 4.78 is 8.15. The number of fused-ring (bicyclic) bond motifs is 1. The Kier molecular flexibility index (Phi) is 7.89. The minimum absolute atomic E-state index is 0. The van der Waals surface area contributed by atoms with Crippen molar-refractivity contribution in [1.82, 2.24) is 20.0 Å². The van der Waals surface area contributed by atoms with Crippen molar-refractivity contribution < 1.29 is 4.74 Å². The summed E-state index contributed by atoms with van der Waals surface area (Å²) >= 11 is 0. The Balaban J connectivity index is 0.00000300. The highest BCUT2D eigenvalue weighted by molar-refractivity contribution is 14.0. The number of ether oxygens (including phenoxy) is 1. The summed E-state index contributed by atoms with van der Waals surface area (Å²) in [6.07, 6.45) is 2.05. The number of nitrogens with zero attached hydrogens (tertiary/aromatic N) is 3. The van der Waals surface area contributed by atoms with Crippen LogP contribution in [0.15, 0.2) is 53.7 Å². The number of rotatable bonds is 5. The summed E-state index contributed by atoms with van der Waals surface area (Å²) in [4.78, 5) is 8.96. The average Bonchev–Trinajstić information content (AvgIpc) is 3.06. The molecule has 0 bridgehead atoms. The lowest BCUT2D eigenvalue weighted by Crippen LogP contribution is -2.36. The lowest BCUT2D eigenvalue weighted by atomic mass is 10.1. The highest BCUT2D eigenvalue weighted by atomic mass is 127. The largest absolute Gasteiger partial charge is 0.488 e. The third kappa shape index (κ3) is 6.35. The highest BCUT2D eigenvalue weighted by Crippen LogP contribution is 2.22. The zero-order valence-corrected chi connectivity index (χ0v) is 20.0. The first-order valence-electron chi connectivity index (χ1n) is 9.51. The van der Waals surface area contributed by atoms with E-state index in [2.05, 4.69) is 50.3 Å². The van der Waals surface area contributed by atoms with Crippen LogP contribution in [0.25, 0.3) is 5.65 Å². The van der Waals surface area contributed by atoms with E-state index in [4.69, 9.17) is 4.74 Å². The molecular weight excluding hydrogens is 477 g/mol. The van der Waals surface area contributed by atoms with Gasteiger partial charge in [-0.15, -0.1) is 24.0 Å². The third-order valence-electron chi connectivity index (χ3n) is 4.24. The summed E-state index contributed by atoms with van der Waals surface area (Å²) in [5.74, 6) is 1.60. The molecule has 0 atom stereocenters. The van der Waals surface area contributed by atoms with Crippen molar-refractivity contribution in [3.8, 4) is 5.75 Å². The maximum Gasteiger partial charge on any atom is 0.191 e. The molecule has 0 aliphatic heterocycles. The van der Waals surface area contributed by atoms with E-state index in [-0.39, 0.29) is 29.6 Å². The molecule has 0 saturated carbocycles. The SMILES string of the molecule is CN=C(NCc1cn2c(C)cccc2n1)NCc1ccccc1OC(C)(C)C.I. The molecule has 7 heteroatoms. The molecule has 0 unspecified atom stereocenters. The number of halogens is 1. The highest BCUT2D eigenvalue weighted by Gasteiger charge is 2.14. The molecule has 6 nitrogen and oxygen atoms in total. The quantitative estimate of drug-likeness (QED) is 0.307. The molecule has 0 saturated heterocycles. The molecule has 29 heavy (non-hydrogen) atoms. The van der Waals surface area contributed by atoms with E-state index in [1.165, 1.54) is 0 Å². The second-order valence-electron chi connectivity index (χ2n) is 7.73. The minimum Gasteiger partial charge on any atom is -0.488 e. The first-order valence-corrected chi connectivity index (χ1v) is 9.51. The first-order chi connectivity index (χ1) is 13.4. The molecule has 0 radical (unpaired) electrons. The molecule has 2 N–H and O–H groups in total. The van der Waals surface area contributed by atoms with Crippen molar-refractivity contribution in [2.45, 2.75) is 46.4 Å². The van der Waals surface area contributed by atoms with Crippen LogP contribution in [0.4, 0.5) is 0 Å². The van der Waals surface area contributed by atoms with Crippen LogP contribution in [0.1, 0.15) is 37.7 Å². The van der Waals surface area contributed by atoms with Gasteiger partial charge >= 0.3 is 0 Å². The number of aryl methyl sites for hydroxylation is 1. The van der Waals surface area contributed by atoms with E-state index in [0.717, 1.165) is 34.3 Å². The predicted octanol–water partition coefficient (Wildman–Crippen LogP) is 4.30. The Bertz CT molecular complexity index is 975. The summed E-state index contributed by atoms with van der Waals surface area (Å²) in [7, 11) is 1.76. The number of aliphatic imine (C=N–C) groups is 1. The molecule has 2 aromatic heterocycles. The zero-order valence-electron chi connectivity index (χ0n) is 17.7. The van der Waals surface area contributed by atoms with Gasteiger partial charge in [0.15, 0.2) is 5.96 Å². The molecule has 0 aliphatic rings. The second-order valence-corrected chi connectivity index (χ2v) is 7.73. The average molecular weight is 507 g/mol. The zero-order chi connectivity index (χ0) is 20.1. The summed E-state index contributed by atoms with van der Waals surface area (Å²) in [5, 5.41) is 6.68. The molecule has 0 spiro atoms. The number of nitrogens with one attached hydrogen (secondary N) is 2. The Hall–Kier alpha value is -2.29. The van der Waals surface area contributed by atoms with Gasteiger partial charge in [0, 0.05) is 31.0 Å². The normalized spacial score (nSPS) is 11.8. The second kappa shape index (κ2) is 9.96. The third-order valence-corrected chi connectivity index (χ3v) is 4.24. The number of benzene rings is 1. The van der Waals surface area contributed by atoms with Gasteiger partial charge in [-0.2, -0.15) is 0 Å². The number of pyridine rings is 1. The smallest absolute Gasteiger partial charge is 0.191 e. The number of para-hydroxylation sites is 1. The van der Waals surface area contributed by atoms with Gasteiger partial charge in [0.25, 0.3) is 0 Å². The molecule has 0 amide bonds. The van der Waals surface area contributed by atoms with Crippen molar-refractivity contribution in [2.75, 3.05) is 7.05 Å². The van der Waals surface area contributed by atoms with Gasteiger partial charge in [0.2, 0.25) is 0 Å². The number of aromatic nitrogens is 2. The van der Waals surface area contributed by atoms with Crippen molar-refractivity contribution >= 4 is 35.6 Å². The van der Waals surface area contributed by atoms with Crippen molar-refractivity contribution in [3.05, 3.63) is 65.6 Å². The topological polar surface area (TPSA) is 63.0 Å². The van der Waals surface area contributed by atoms with Crippen LogP contribution >= 0.6 is 24.0 Å². The summed E-state index contributed by atoms with van der Waals surface area (Å²) in [6.45, 7) is 9.44. The summed E-state index contributed by atoms with van der Waals surface area (Å²) in [6, 6.07) is 14.2. The molecule has 156 valence electrons. The number of hydrogen-bond acceptors (Lipinski definition) is 3. The van der Waals surface area contributed by atoms with Crippen LogP contribution in [0.3, 0.4) is 0 Å². The van der Waals surface area contributed by atoms with Crippen LogP contribution in [0, 0.1) is 6.92 Å². The fourth-order valence-electron chi connectivity index (χ4n) is 2.94. The molecule has 3 rings (SSSR count). The molecule has 1 aromatic carbocycles. The first kappa shape index (κ1) is 23.0. The standard InChI is InChI=1S/C22H29N5O.HI/c1-16-9-8-12-20-26-18(15-27(16)20)14-25-21(23-5)24-13-17-10-6-7-11-19(17)28-22(2,3)4;/h6-12,15H,13-14H2,1-5H3,(H2,23,24,25);1H. The van der Waals surface area contributed by atoms with Crippen LogP contribution in [0.5, 0.6) is 5.75 Å². The van der Waals surface area contributed by atoms with E-state index in [1.807, 2.05) is 51.1 Å². The van der Waals surface area contributed by atoms with E-state index >= 15 is 0 Å². The Morgan fingerprint density at radius 1 is 1.07 bits per heavy atom. The lowest BCUT2D eigenvalue weighted by molar-refractivity contribution is 0.129. The number of imidazole rings is 1. The maximum absolute atomic E-state index is 6.06. The predicted molar refractivity (Wildman–Crippen MR) is 129 cm³/mol. The van der Waals surface area contributed by atoms with Crippen LogP contribution < -0.4 is 15.4 Å². The van der Waals surface area contributed by atoms with Crippen LogP contribution in [0.2, 0.25) is 0 Å². The van der Waals surface area contributed by atoms with Gasteiger partial charge in [-0.05, 0) is 45.9 Å². The maximum atomic E-state index is 6.06. The van der Waals surface area contributed by atoms with Gasteiger partial charge in [-0.1, -0.05) is 24.3 Å². The molecule has 2 heterocycles. The van der Waals surface area contributed by atoms with Crippen molar-refractivity contribution in [2.24, 2.45) is 4.99 Å². The van der Waals surface area contributed by atoms with Gasteiger partial charge in [0.05, 0.1) is 12.2 Å². The molecule has 3 aromatic rings. The van der Waals surface area contributed by atoms with E-state index in [9.17, 15) is 0 Å². The fourth-order valence-corrected chi connectivity index (χ4v) is 2.94. The van der Waals surface area contributed by atoms with Crippen molar-refractivity contribution in [3.63, 3.8) is 0 Å². The van der Waals surface area contributed by atoms with Gasteiger partial charge in [-0.25, -0.2) is 4.98 Å². The fraction of sp³-hybridized carbons (Fsp3) is 0.364. The molecule has 0 aliphatic carbocycles. The molecule has 0 fully saturated rings. The minimum atomic E-state index is -0.239. The van der Waals surface area contributed by atoms with Gasteiger partial charge in [-0.3, -0.25) is 4.99 Å². The lowest BCUT2D eigenvalue weighted by Gasteiger charge is -2.23. The van der Waals surface area contributed by atoms with Crippen LogP contribution in [-0.4, -0.2) is 28.0 Å². The molecular formula is C22H30IN5O. The Morgan fingerprint density at radius 3 is 2.48 bits per heavy atom. The van der Waals surface area contributed by atoms with E-state index in [0.29, 0.717) is 13.1 Å². The van der Waals surface area contributed by atoms with Gasteiger partial charge < -0.3 is 19.8 Å². The number of hydrogen-bond donors (Lipinski definition) is 2. The van der Waals surface area contributed by atoms with Crippen molar-refractivity contribution in [1.29, 1.82) is 0 Å². The number of guanidine groups is 1.